The van der Waals surface area contributed by atoms with Gasteiger partial charge >= 0.3 is 5.97 Å². The van der Waals surface area contributed by atoms with Gasteiger partial charge in [0.15, 0.2) is 11.5 Å². The maximum atomic E-state index is 13.3. The molecule has 1 saturated heterocycles. The van der Waals surface area contributed by atoms with Gasteiger partial charge in [-0.3, -0.25) is 9.69 Å². The molecule has 1 aliphatic heterocycles. The Labute approximate surface area is 198 Å². The van der Waals surface area contributed by atoms with Crippen LogP contribution in [0.2, 0.25) is 5.02 Å². The molecule has 1 fully saturated rings. The summed E-state index contributed by atoms with van der Waals surface area (Å²) in [6.45, 7) is 3.98. The Morgan fingerprint density at radius 1 is 0.909 bits per heavy atom. The number of hydrogen-bond donors (Lipinski definition) is 0. The summed E-state index contributed by atoms with van der Waals surface area (Å²) < 4.78 is 21.5. The second-order valence-corrected chi connectivity index (χ2v) is 7.85. The number of methoxy groups -OCH3 is 3. The Morgan fingerprint density at radius 3 is 2.09 bits per heavy atom. The van der Waals surface area contributed by atoms with E-state index >= 15 is 0 Å². The van der Waals surface area contributed by atoms with Gasteiger partial charge in [0, 0.05) is 31.2 Å². The van der Waals surface area contributed by atoms with E-state index in [1.54, 1.807) is 36.1 Å². The molecule has 0 bridgehead atoms. The van der Waals surface area contributed by atoms with E-state index in [4.69, 9.17) is 30.5 Å². The predicted octanol–water partition coefficient (Wildman–Crippen LogP) is 3.43. The zero-order chi connectivity index (χ0) is 24.0. The molecular formula is C24H29ClN2O6. The number of esters is 1. The van der Waals surface area contributed by atoms with E-state index in [0.717, 1.165) is 5.56 Å². The lowest BCUT2D eigenvalue weighted by molar-refractivity contribution is -0.150. The van der Waals surface area contributed by atoms with Gasteiger partial charge in [0.1, 0.15) is 6.04 Å². The number of ether oxygens (including phenoxy) is 4. The van der Waals surface area contributed by atoms with Gasteiger partial charge in [-0.25, -0.2) is 4.79 Å². The average molecular weight is 477 g/mol. The monoisotopic (exact) mass is 476 g/mol. The van der Waals surface area contributed by atoms with E-state index in [1.165, 1.54) is 21.3 Å². The van der Waals surface area contributed by atoms with Crippen LogP contribution in [0, 0.1) is 0 Å². The molecule has 0 N–H and O–H groups in total. The third kappa shape index (κ3) is 5.34. The van der Waals surface area contributed by atoms with Crippen molar-refractivity contribution in [1.29, 1.82) is 0 Å². The third-order valence-electron chi connectivity index (χ3n) is 5.60. The molecule has 0 saturated carbocycles. The molecule has 0 spiro atoms. The van der Waals surface area contributed by atoms with Crippen LogP contribution in [0.3, 0.4) is 0 Å². The highest BCUT2D eigenvalue weighted by Gasteiger charge is 2.34. The second-order valence-electron chi connectivity index (χ2n) is 7.42. The summed E-state index contributed by atoms with van der Waals surface area (Å²) in [5.74, 6) is 0.688. The maximum Gasteiger partial charge on any atom is 0.328 e. The molecule has 33 heavy (non-hydrogen) atoms. The SMILES string of the molecule is CCOC(=O)[C@@H](c1ccc(Cl)cc1)N1CCN(C(=O)c2ccc(OC)c(OC)c2OC)CC1. The summed E-state index contributed by atoms with van der Waals surface area (Å²) in [4.78, 5) is 29.8. The van der Waals surface area contributed by atoms with Crippen molar-refractivity contribution >= 4 is 23.5 Å². The Hall–Kier alpha value is -2.97. The molecule has 0 unspecified atom stereocenters. The van der Waals surface area contributed by atoms with Gasteiger partial charge in [0.25, 0.3) is 5.91 Å². The Balaban J connectivity index is 1.78. The van der Waals surface area contributed by atoms with Crippen LogP contribution < -0.4 is 14.2 Å². The number of nitrogens with zero attached hydrogens (tertiary/aromatic N) is 2. The first-order valence-electron chi connectivity index (χ1n) is 10.7. The van der Waals surface area contributed by atoms with Crippen LogP contribution in [0.15, 0.2) is 36.4 Å². The molecule has 0 aromatic heterocycles. The standard InChI is InChI=1S/C24H29ClN2O6/c1-5-33-24(29)20(16-6-8-17(25)9-7-16)26-12-14-27(15-13-26)23(28)18-10-11-19(30-2)22(32-4)21(18)31-3/h6-11,20H,5,12-15H2,1-4H3/t20-/m1/s1. The number of rotatable bonds is 8. The van der Waals surface area contributed by atoms with Crippen molar-refractivity contribution < 1.29 is 28.5 Å². The zero-order valence-corrected chi connectivity index (χ0v) is 20.1. The van der Waals surface area contributed by atoms with Gasteiger partial charge in [-0.05, 0) is 36.8 Å². The minimum Gasteiger partial charge on any atom is -0.493 e. The molecule has 9 heteroatoms. The summed E-state index contributed by atoms with van der Waals surface area (Å²) in [6.07, 6.45) is 0. The topological polar surface area (TPSA) is 77.5 Å². The van der Waals surface area contributed by atoms with Crippen LogP contribution in [0.25, 0.3) is 0 Å². The van der Waals surface area contributed by atoms with Gasteiger partial charge in [0.05, 0.1) is 33.5 Å². The van der Waals surface area contributed by atoms with Crippen LogP contribution >= 0.6 is 11.6 Å². The summed E-state index contributed by atoms with van der Waals surface area (Å²) in [7, 11) is 4.51. The number of benzene rings is 2. The highest BCUT2D eigenvalue weighted by atomic mass is 35.5. The van der Waals surface area contributed by atoms with Crippen molar-refractivity contribution in [3.05, 3.63) is 52.5 Å². The minimum absolute atomic E-state index is 0.174. The number of hydrogen-bond acceptors (Lipinski definition) is 7. The van der Waals surface area contributed by atoms with Gasteiger partial charge in [0.2, 0.25) is 5.75 Å². The lowest BCUT2D eigenvalue weighted by Crippen LogP contribution is -2.51. The van der Waals surface area contributed by atoms with E-state index in [-0.39, 0.29) is 11.9 Å². The van der Waals surface area contributed by atoms with Crippen LogP contribution in [-0.4, -0.2) is 75.8 Å². The second kappa shape index (κ2) is 11.2. The molecule has 0 radical (unpaired) electrons. The smallest absolute Gasteiger partial charge is 0.328 e. The van der Waals surface area contributed by atoms with E-state index < -0.39 is 6.04 Å². The molecule has 1 atom stereocenters. The van der Waals surface area contributed by atoms with Crippen LogP contribution in [0.5, 0.6) is 17.2 Å². The largest absolute Gasteiger partial charge is 0.493 e. The molecule has 1 heterocycles. The van der Waals surface area contributed by atoms with Crippen molar-refractivity contribution in [3.8, 4) is 17.2 Å². The normalized spacial score (nSPS) is 15.0. The van der Waals surface area contributed by atoms with Gasteiger partial charge in [-0.1, -0.05) is 23.7 Å². The number of carbonyl (C=O) groups is 2. The van der Waals surface area contributed by atoms with Crippen LogP contribution in [-0.2, 0) is 9.53 Å². The summed E-state index contributed by atoms with van der Waals surface area (Å²) in [5, 5.41) is 0.598. The molecule has 1 amide bonds. The van der Waals surface area contributed by atoms with E-state index in [1.807, 2.05) is 17.0 Å². The lowest BCUT2D eigenvalue weighted by atomic mass is 10.0. The van der Waals surface area contributed by atoms with E-state index in [2.05, 4.69) is 0 Å². The fourth-order valence-electron chi connectivity index (χ4n) is 3.99. The molecule has 8 nitrogen and oxygen atoms in total. The Bertz CT molecular complexity index is 974. The Kier molecular flexibility index (Phi) is 8.41. The van der Waals surface area contributed by atoms with Crippen molar-refractivity contribution in [1.82, 2.24) is 9.80 Å². The molecule has 0 aliphatic carbocycles. The number of piperazine rings is 1. The van der Waals surface area contributed by atoms with E-state index in [9.17, 15) is 9.59 Å². The lowest BCUT2D eigenvalue weighted by Gasteiger charge is -2.38. The first-order valence-corrected chi connectivity index (χ1v) is 11.1. The fraction of sp³-hybridized carbons (Fsp3) is 0.417. The van der Waals surface area contributed by atoms with Crippen molar-refractivity contribution in [2.75, 3.05) is 54.1 Å². The van der Waals surface area contributed by atoms with Gasteiger partial charge in [-0.2, -0.15) is 0 Å². The molecule has 1 aliphatic rings. The fourth-order valence-corrected chi connectivity index (χ4v) is 4.11. The molecule has 178 valence electrons. The molecule has 2 aromatic rings. The van der Waals surface area contributed by atoms with Gasteiger partial charge in [-0.15, -0.1) is 0 Å². The zero-order valence-electron chi connectivity index (χ0n) is 19.3. The highest BCUT2D eigenvalue weighted by Crippen LogP contribution is 2.40. The van der Waals surface area contributed by atoms with Crippen LogP contribution in [0.4, 0.5) is 0 Å². The number of halogens is 1. The summed E-state index contributed by atoms with van der Waals surface area (Å²) in [6, 6.07) is 9.96. The van der Waals surface area contributed by atoms with Gasteiger partial charge < -0.3 is 23.8 Å². The number of carbonyl (C=O) groups excluding carboxylic acids is 2. The quantitative estimate of drug-likeness (QED) is 0.540. The minimum atomic E-state index is -0.560. The Morgan fingerprint density at radius 2 is 1.55 bits per heavy atom. The summed E-state index contributed by atoms with van der Waals surface area (Å²) in [5.41, 5.74) is 1.20. The first kappa shape index (κ1) is 24.7. The van der Waals surface area contributed by atoms with Crippen molar-refractivity contribution in [3.63, 3.8) is 0 Å². The summed E-state index contributed by atoms with van der Waals surface area (Å²) >= 11 is 6.02. The van der Waals surface area contributed by atoms with Crippen molar-refractivity contribution in [2.24, 2.45) is 0 Å². The maximum absolute atomic E-state index is 13.3. The van der Waals surface area contributed by atoms with Crippen LogP contribution in [0.1, 0.15) is 28.9 Å². The highest BCUT2D eigenvalue weighted by molar-refractivity contribution is 6.30. The molecule has 2 aromatic carbocycles. The van der Waals surface area contributed by atoms with E-state index in [0.29, 0.717) is 60.6 Å². The molecule has 3 rings (SSSR count). The third-order valence-corrected chi connectivity index (χ3v) is 5.85. The molecular weight excluding hydrogens is 448 g/mol. The van der Waals surface area contributed by atoms with Crippen molar-refractivity contribution in [2.45, 2.75) is 13.0 Å². The number of amides is 1. The first-order chi connectivity index (χ1) is 15.9. The predicted molar refractivity (Wildman–Crippen MR) is 124 cm³/mol. The average Bonchev–Trinajstić information content (AvgIpc) is 2.84.